The van der Waals surface area contributed by atoms with Gasteiger partial charge in [0.05, 0.1) is 5.41 Å². The van der Waals surface area contributed by atoms with Crippen molar-refractivity contribution in [3.05, 3.63) is 0 Å². The van der Waals surface area contributed by atoms with Crippen LogP contribution in [0.2, 0.25) is 0 Å². The fraction of sp³-hybridized carbons (Fsp3) is 0.958. The fourth-order valence-corrected chi connectivity index (χ4v) is 8.78. The lowest BCUT2D eigenvalue weighted by Crippen LogP contribution is -2.72. The predicted molar refractivity (Wildman–Crippen MR) is 103 cm³/mol. The Balaban J connectivity index is 1.47. The third-order valence-corrected chi connectivity index (χ3v) is 10.7. The molecule has 4 unspecified atom stereocenters. The quantitative estimate of drug-likeness (QED) is 0.590. The molecule has 0 amide bonds. The van der Waals surface area contributed by atoms with E-state index in [-0.39, 0.29) is 22.4 Å². The van der Waals surface area contributed by atoms with Gasteiger partial charge in [-0.2, -0.15) is 0 Å². The van der Waals surface area contributed by atoms with Crippen molar-refractivity contribution < 1.29 is 9.53 Å². The third-order valence-electron chi connectivity index (χ3n) is 10.7. The van der Waals surface area contributed by atoms with Crippen molar-refractivity contribution in [1.82, 2.24) is 0 Å². The van der Waals surface area contributed by atoms with Gasteiger partial charge < -0.3 is 4.74 Å². The molecule has 0 aromatic carbocycles. The molecule has 7 aliphatic carbocycles. The highest BCUT2D eigenvalue weighted by Gasteiger charge is 2.74. The van der Waals surface area contributed by atoms with Crippen LogP contribution in [-0.2, 0) is 9.53 Å². The molecule has 2 heteroatoms. The minimum Gasteiger partial charge on any atom is -0.459 e. The van der Waals surface area contributed by atoms with E-state index in [4.69, 9.17) is 4.74 Å². The Morgan fingerprint density at radius 2 is 1.54 bits per heavy atom. The van der Waals surface area contributed by atoms with Crippen molar-refractivity contribution in [2.45, 2.75) is 92.1 Å². The van der Waals surface area contributed by atoms with Crippen LogP contribution >= 0.6 is 0 Å². The van der Waals surface area contributed by atoms with Crippen LogP contribution in [0.15, 0.2) is 0 Å². The summed E-state index contributed by atoms with van der Waals surface area (Å²) in [5.74, 6) is 5.72. The van der Waals surface area contributed by atoms with Gasteiger partial charge in [-0.3, -0.25) is 4.79 Å². The summed E-state index contributed by atoms with van der Waals surface area (Å²) in [5.41, 5.74) is 0.118. The standard InChI is InChI=1S/C24H38O2/c1-7-21(2,3)20(25)26-22(4,5)24-11-17-15-8-14-9-16(17)19(13-24)23(6,10-14)18(15)12-24/h14-19H,7-13H2,1-6H3. The lowest BCUT2D eigenvalue weighted by molar-refractivity contribution is -0.304. The lowest BCUT2D eigenvalue weighted by Gasteiger charge is -2.77. The van der Waals surface area contributed by atoms with Crippen LogP contribution in [-0.4, -0.2) is 11.6 Å². The number of carbonyl (C=O) groups excluding carboxylic acids is 1. The number of ether oxygens (including phenoxy) is 1. The van der Waals surface area contributed by atoms with Crippen LogP contribution in [0.1, 0.15) is 86.5 Å². The van der Waals surface area contributed by atoms with Crippen molar-refractivity contribution in [1.29, 1.82) is 0 Å². The van der Waals surface area contributed by atoms with Crippen LogP contribution in [0.25, 0.3) is 0 Å². The van der Waals surface area contributed by atoms with Crippen LogP contribution in [0.5, 0.6) is 0 Å². The monoisotopic (exact) mass is 358 g/mol. The first kappa shape index (κ1) is 17.6. The third kappa shape index (κ3) is 1.92. The van der Waals surface area contributed by atoms with Gasteiger partial charge in [-0.15, -0.1) is 0 Å². The van der Waals surface area contributed by atoms with Crippen molar-refractivity contribution in [3.8, 4) is 0 Å². The maximum Gasteiger partial charge on any atom is 0.312 e. The van der Waals surface area contributed by atoms with E-state index < -0.39 is 0 Å². The Hall–Kier alpha value is -0.530. The smallest absolute Gasteiger partial charge is 0.312 e. The Morgan fingerprint density at radius 1 is 0.962 bits per heavy atom. The van der Waals surface area contributed by atoms with Gasteiger partial charge in [-0.1, -0.05) is 13.8 Å². The van der Waals surface area contributed by atoms with Gasteiger partial charge in [0.1, 0.15) is 5.60 Å². The molecular weight excluding hydrogens is 320 g/mol. The van der Waals surface area contributed by atoms with E-state index in [2.05, 4.69) is 27.7 Å². The van der Waals surface area contributed by atoms with Crippen molar-refractivity contribution in [2.75, 3.05) is 0 Å². The molecule has 0 spiro atoms. The summed E-state index contributed by atoms with van der Waals surface area (Å²) in [6, 6.07) is 0. The van der Waals surface area contributed by atoms with Crippen molar-refractivity contribution in [2.24, 2.45) is 51.8 Å². The number of esters is 1. The average molecular weight is 359 g/mol. The Kier molecular flexibility index (Phi) is 3.31. The fourth-order valence-electron chi connectivity index (χ4n) is 8.78. The van der Waals surface area contributed by atoms with Gasteiger partial charge >= 0.3 is 5.97 Å². The lowest BCUT2D eigenvalue weighted by atomic mass is 9.27. The van der Waals surface area contributed by atoms with Crippen LogP contribution in [0.3, 0.4) is 0 Å². The van der Waals surface area contributed by atoms with E-state index in [1.165, 1.54) is 38.5 Å². The highest BCUT2D eigenvalue weighted by atomic mass is 16.6. The van der Waals surface area contributed by atoms with E-state index in [1.54, 1.807) is 0 Å². The minimum absolute atomic E-state index is 0.0101. The number of hydrogen-bond donors (Lipinski definition) is 0. The molecule has 0 heterocycles. The normalized spacial score (nSPS) is 51.2. The molecular formula is C24H38O2. The molecule has 0 radical (unpaired) electrons. The van der Waals surface area contributed by atoms with E-state index in [1.807, 2.05) is 13.8 Å². The maximum absolute atomic E-state index is 12.9. The van der Waals surface area contributed by atoms with Crippen molar-refractivity contribution >= 4 is 5.97 Å². The summed E-state index contributed by atoms with van der Waals surface area (Å²) in [7, 11) is 0. The summed E-state index contributed by atoms with van der Waals surface area (Å²) < 4.78 is 6.34. The van der Waals surface area contributed by atoms with E-state index in [0.29, 0.717) is 5.41 Å². The average Bonchev–Trinajstić information content (AvgIpc) is 2.58. The number of hydrogen-bond acceptors (Lipinski definition) is 2. The molecule has 0 N–H and O–H groups in total. The molecule has 0 aromatic rings. The highest BCUT2D eigenvalue weighted by Crippen LogP contribution is 2.79. The topological polar surface area (TPSA) is 26.3 Å². The minimum atomic E-state index is -0.372. The van der Waals surface area contributed by atoms with Gasteiger partial charge in [-0.05, 0) is 114 Å². The molecule has 7 aliphatic rings. The molecule has 7 rings (SSSR count). The van der Waals surface area contributed by atoms with Crippen LogP contribution < -0.4 is 0 Å². The summed E-state index contributed by atoms with van der Waals surface area (Å²) >= 11 is 0. The molecule has 7 saturated carbocycles. The van der Waals surface area contributed by atoms with E-state index in [0.717, 1.165) is 41.9 Å². The van der Waals surface area contributed by atoms with Crippen molar-refractivity contribution in [3.63, 3.8) is 0 Å². The molecule has 8 bridgehead atoms. The van der Waals surface area contributed by atoms with Gasteiger partial charge in [-0.25, -0.2) is 0 Å². The Bertz CT molecular complexity index is 621. The summed E-state index contributed by atoms with van der Waals surface area (Å²) in [6.07, 6.45) is 9.29. The van der Waals surface area contributed by atoms with Gasteiger partial charge in [0, 0.05) is 5.41 Å². The molecule has 0 aliphatic heterocycles. The zero-order valence-electron chi connectivity index (χ0n) is 17.7. The Morgan fingerprint density at radius 3 is 2.08 bits per heavy atom. The summed E-state index contributed by atoms with van der Waals surface area (Å²) in [4.78, 5) is 12.9. The first-order chi connectivity index (χ1) is 12.0. The number of rotatable bonds is 4. The molecule has 0 saturated heterocycles. The molecule has 7 fully saturated rings. The van der Waals surface area contributed by atoms with Crippen LogP contribution in [0.4, 0.5) is 0 Å². The predicted octanol–water partition coefficient (Wildman–Crippen LogP) is 5.84. The molecule has 2 nitrogen and oxygen atoms in total. The molecule has 0 aromatic heterocycles. The molecule has 146 valence electrons. The Labute approximate surface area is 159 Å². The zero-order chi connectivity index (χ0) is 18.7. The zero-order valence-corrected chi connectivity index (χ0v) is 17.7. The molecule has 4 atom stereocenters. The summed E-state index contributed by atoms with van der Waals surface area (Å²) in [5, 5.41) is 0. The van der Waals surface area contributed by atoms with E-state index >= 15 is 0 Å². The summed E-state index contributed by atoms with van der Waals surface area (Å²) in [6.45, 7) is 13.3. The van der Waals surface area contributed by atoms with Gasteiger partial charge in [0.25, 0.3) is 0 Å². The highest BCUT2D eigenvalue weighted by molar-refractivity contribution is 5.76. The van der Waals surface area contributed by atoms with Gasteiger partial charge in [0.15, 0.2) is 0 Å². The number of carbonyl (C=O) groups is 1. The SMILES string of the molecule is CCC(C)(C)C(=O)OC(C)(C)C12CC3C4CC5CC3C(C1)C(C)(C5)C4C2. The molecule has 26 heavy (non-hydrogen) atoms. The van der Waals surface area contributed by atoms with Crippen LogP contribution in [0, 0.1) is 51.8 Å². The van der Waals surface area contributed by atoms with Gasteiger partial charge in [0.2, 0.25) is 0 Å². The largest absolute Gasteiger partial charge is 0.459 e. The van der Waals surface area contributed by atoms with E-state index in [9.17, 15) is 4.79 Å². The second-order valence-corrected chi connectivity index (χ2v) is 12.3. The maximum atomic E-state index is 12.9. The second-order valence-electron chi connectivity index (χ2n) is 12.3. The first-order valence-electron chi connectivity index (χ1n) is 11.3. The second kappa shape index (κ2) is 4.90. The first-order valence-corrected chi connectivity index (χ1v) is 11.3.